The maximum atomic E-state index is 12.2. The summed E-state index contributed by atoms with van der Waals surface area (Å²) in [4.78, 5) is 24.3. The molecule has 0 aliphatic heterocycles. The third-order valence-corrected chi connectivity index (χ3v) is 4.54. The average molecular weight is 354 g/mol. The highest BCUT2D eigenvalue weighted by Gasteiger charge is 2.35. The fourth-order valence-electron chi connectivity index (χ4n) is 3.22. The molecule has 2 aromatic rings. The highest BCUT2D eigenvalue weighted by molar-refractivity contribution is 6.39. The van der Waals surface area contributed by atoms with Crippen LogP contribution in [0.4, 0.5) is 5.69 Å². The van der Waals surface area contributed by atoms with Gasteiger partial charge in [-0.15, -0.1) is 0 Å². The number of fused-ring (bicyclic) bond motifs is 1. The summed E-state index contributed by atoms with van der Waals surface area (Å²) in [6, 6.07) is 13.1. The first-order chi connectivity index (χ1) is 12.4. The van der Waals surface area contributed by atoms with E-state index in [1.54, 1.807) is 12.1 Å². The quantitative estimate of drug-likeness (QED) is 0.728. The molecule has 0 heterocycles. The maximum Gasteiger partial charge on any atom is 0.313 e. The molecule has 0 atom stereocenters. The lowest BCUT2D eigenvalue weighted by molar-refractivity contribution is -0.136. The van der Waals surface area contributed by atoms with E-state index < -0.39 is 17.4 Å². The van der Waals surface area contributed by atoms with Gasteiger partial charge >= 0.3 is 11.8 Å². The zero-order chi connectivity index (χ0) is 18.7. The van der Waals surface area contributed by atoms with Crippen molar-refractivity contribution in [3.8, 4) is 5.75 Å². The second kappa shape index (κ2) is 7.17. The SMILES string of the molecule is COc1ccc(C)cc1NC(=O)C(=O)NCC1(O)Cc2ccccc2C1. The first-order valence-electron chi connectivity index (χ1n) is 8.43. The molecule has 0 saturated heterocycles. The van der Waals surface area contributed by atoms with E-state index in [9.17, 15) is 14.7 Å². The van der Waals surface area contributed by atoms with Gasteiger partial charge < -0.3 is 20.5 Å². The van der Waals surface area contributed by atoms with Crippen LogP contribution < -0.4 is 15.4 Å². The van der Waals surface area contributed by atoms with E-state index in [1.807, 2.05) is 37.3 Å². The molecule has 0 spiro atoms. The number of aryl methyl sites for hydroxylation is 1. The van der Waals surface area contributed by atoms with Crippen molar-refractivity contribution in [2.45, 2.75) is 25.4 Å². The number of nitrogens with one attached hydrogen (secondary N) is 2. The third-order valence-electron chi connectivity index (χ3n) is 4.54. The Morgan fingerprint density at radius 2 is 1.77 bits per heavy atom. The van der Waals surface area contributed by atoms with E-state index in [2.05, 4.69) is 10.6 Å². The van der Waals surface area contributed by atoms with Gasteiger partial charge in [-0.1, -0.05) is 30.3 Å². The molecule has 0 unspecified atom stereocenters. The number of aliphatic hydroxyl groups is 1. The van der Waals surface area contributed by atoms with Crippen LogP contribution in [0.15, 0.2) is 42.5 Å². The molecule has 1 aliphatic rings. The van der Waals surface area contributed by atoms with Crippen molar-refractivity contribution in [3.63, 3.8) is 0 Å². The minimum Gasteiger partial charge on any atom is -0.495 e. The third kappa shape index (κ3) is 3.86. The number of rotatable bonds is 4. The maximum absolute atomic E-state index is 12.2. The predicted octanol–water partition coefficient (Wildman–Crippen LogP) is 1.59. The number of carbonyl (C=O) groups is 2. The van der Waals surface area contributed by atoms with E-state index in [-0.39, 0.29) is 6.54 Å². The van der Waals surface area contributed by atoms with Gasteiger partial charge in [0, 0.05) is 19.4 Å². The Kier molecular flexibility index (Phi) is 4.95. The fourth-order valence-corrected chi connectivity index (χ4v) is 3.22. The van der Waals surface area contributed by atoms with Gasteiger partial charge in [0.05, 0.1) is 18.4 Å². The Labute approximate surface area is 152 Å². The van der Waals surface area contributed by atoms with Gasteiger partial charge in [0.25, 0.3) is 0 Å². The van der Waals surface area contributed by atoms with E-state index in [1.165, 1.54) is 7.11 Å². The molecule has 3 rings (SSSR count). The molecule has 0 saturated carbocycles. The summed E-state index contributed by atoms with van der Waals surface area (Å²) >= 11 is 0. The molecule has 6 nitrogen and oxygen atoms in total. The van der Waals surface area contributed by atoms with Crippen LogP contribution in [0.2, 0.25) is 0 Å². The number of anilines is 1. The van der Waals surface area contributed by atoms with Crippen LogP contribution >= 0.6 is 0 Å². The monoisotopic (exact) mass is 354 g/mol. The second-order valence-corrected chi connectivity index (χ2v) is 6.69. The minimum atomic E-state index is -1.07. The van der Waals surface area contributed by atoms with Gasteiger partial charge in [0.15, 0.2) is 0 Å². The smallest absolute Gasteiger partial charge is 0.313 e. The Bertz CT molecular complexity index is 822. The van der Waals surface area contributed by atoms with Crippen LogP contribution in [0, 0.1) is 6.92 Å². The van der Waals surface area contributed by atoms with E-state index in [4.69, 9.17) is 4.74 Å². The number of hydrogen-bond acceptors (Lipinski definition) is 4. The molecular formula is C20H22N2O4. The Hall–Kier alpha value is -2.86. The first-order valence-corrected chi connectivity index (χ1v) is 8.43. The van der Waals surface area contributed by atoms with E-state index in [0.717, 1.165) is 16.7 Å². The highest BCUT2D eigenvalue weighted by Crippen LogP contribution is 2.29. The summed E-state index contributed by atoms with van der Waals surface area (Å²) in [6.07, 6.45) is 0.910. The summed E-state index contributed by atoms with van der Waals surface area (Å²) in [5.41, 5.74) is 2.43. The number of methoxy groups -OCH3 is 1. The standard InChI is InChI=1S/C20H22N2O4/c1-13-7-8-17(26-2)16(9-13)22-19(24)18(23)21-12-20(25)10-14-5-3-4-6-15(14)11-20/h3-9,25H,10-12H2,1-2H3,(H,21,23)(H,22,24). The molecule has 0 aromatic heterocycles. The summed E-state index contributed by atoms with van der Waals surface area (Å²) in [7, 11) is 1.49. The van der Waals surface area contributed by atoms with E-state index in [0.29, 0.717) is 24.3 Å². The Balaban J connectivity index is 1.59. The van der Waals surface area contributed by atoms with Gasteiger partial charge in [-0.3, -0.25) is 9.59 Å². The summed E-state index contributed by atoms with van der Waals surface area (Å²) in [6.45, 7) is 1.89. The van der Waals surface area contributed by atoms with Crippen molar-refractivity contribution in [1.82, 2.24) is 5.32 Å². The molecule has 0 bridgehead atoms. The lowest BCUT2D eigenvalue weighted by atomic mass is 10.0. The normalized spacial score (nSPS) is 14.4. The lowest BCUT2D eigenvalue weighted by Gasteiger charge is -2.22. The molecule has 0 radical (unpaired) electrons. The van der Waals surface area contributed by atoms with Crippen molar-refractivity contribution >= 4 is 17.5 Å². The minimum absolute atomic E-state index is 0.0128. The molecular weight excluding hydrogens is 332 g/mol. The van der Waals surface area contributed by atoms with Gasteiger partial charge in [-0.2, -0.15) is 0 Å². The predicted molar refractivity (Wildman–Crippen MR) is 98.2 cm³/mol. The molecule has 26 heavy (non-hydrogen) atoms. The zero-order valence-corrected chi connectivity index (χ0v) is 14.8. The number of carbonyl (C=O) groups excluding carboxylic acids is 2. The van der Waals surface area contributed by atoms with Crippen molar-refractivity contribution in [1.29, 1.82) is 0 Å². The average Bonchev–Trinajstić information content (AvgIpc) is 2.96. The van der Waals surface area contributed by atoms with Crippen LogP contribution in [0.5, 0.6) is 5.75 Å². The lowest BCUT2D eigenvalue weighted by Crippen LogP contribution is -2.46. The van der Waals surface area contributed by atoms with Gasteiger partial charge in [0.2, 0.25) is 0 Å². The molecule has 2 amide bonds. The number of amides is 2. The van der Waals surface area contributed by atoms with Gasteiger partial charge in [-0.25, -0.2) is 0 Å². The molecule has 3 N–H and O–H groups in total. The molecule has 6 heteroatoms. The van der Waals surface area contributed by atoms with Crippen LogP contribution in [-0.2, 0) is 22.4 Å². The van der Waals surface area contributed by atoms with Crippen LogP contribution in [0.25, 0.3) is 0 Å². The summed E-state index contributed by atoms with van der Waals surface area (Å²) < 4.78 is 5.19. The Morgan fingerprint density at radius 3 is 2.38 bits per heavy atom. The van der Waals surface area contributed by atoms with Crippen LogP contribution in [-0.4, -0.2) is 36.2 Å². The second-order valence-electron chi connectivity index (χ2n) is 6.69. The van der Waals surface area contributed by atoms with Gasteiger partial charge in [0.1, 0.15) is 5.75 Å². The molecule has 1 aliphatic carbocycles. The van der Waals surface area contributed by atoms with Crippen molar-refractivity contribution in [3.05, 3.63) is 59.2 Å². The first kappa shape index (κ1) is 17.9. The van der Waals surface area contributed by atoms with Crippen molar-refractivity contribution in [2.24, 2.45) is 0 Å². The number of ether oxygens (including phenoxy) is 1. The van der Waals surface area contributed by atoms with Crippen molar-refractivity contribution < 1.29 is 19.4 Å². The van der Waals surface area contributed by atoms with Crippen LogP contribution in [0.3, 0.4) is 0 Å². The number of benzene rings is 2. The number of hydrogen-bond donors (Lipinski definition) is 3. The summed E-state index contributed by atoms with van der Waals surface area (Å²) in [5.74, 6) is -1.12. The highest BCUT2D eigenvalue weighted by atomic mass is 16.5. The fraction of sp³-hybridized carbons (Fsp3) is 0.300. The van der Waals surface area contributed by atoms with Crippen LogP contribution in [0.1, 0.15) is 16.7 Å². The zero-order valence-electron chi connectivity index (χ0n) is 14.8. The van der Waals surface area contributed by atoms with Gasteiger partial charge in [-0.05, 0) is 35.7 Å². The topological polar surface area (TPSA) is 87.7 Å². The molecule has 136 valence electrons. The molecule has 0 fully saturated rings. The van der Waals surface area contributed by atoms with E-state index >= 15 is 0 Å². The summed E-state index contributed by atoms with van der Waals surface area (Å²) in [5, 5.41) is 15.8. The Morgan fingerprint density at radius 1 is 1.12 bits per heavy atom. The largest absolute Gasteiger partial charge is 0.495 e. The molecule has 2 aromatic carbocycles. The van der Waals surface area contributed by atoms with Crippen molar-refractivity contribution in [2.75, 3.05) is 19.0 Å².